The van der Waals surface area contributed by atoms with Gasteiger partial charge in [0.15, 0.2) is 0 Å². The van der Waals surface area contributed by atoms with E-state index in [0.29, 0.717) is 16.9 Å². The van der Waals surface area contributed by atoms with Crippen LogP contribution >= 0.6 is 0 Å². The number of carbonyl (C=O) groups excluding carboxylic acids is 2. The second-order valence-electron chi connectivity index (χ2n) is 10.2. The summed E-state index contributed by atoms with van der Waals surface area (Å²) in [6, 6.07) is 32.6. The van der Waals surface area contributed by atoms with Crippen LogP contribution in [0.4, 0.5) is 5.69 Å². The number of benzene rings is 5. The van der Waals surface area contributed by atoms with Crippen molar-refractivity contribution in [3.05, 3.63) is 126 Å². The summed E-state index contributed by atoms with van der Waals surface area (Å²) >= 11 is 0. The van der Waals surface area contributed by atoms with Crippen LogP contribution in [0.1, 0.15) is 47.1 Å². The number of carbonyl (C=O) groups is 2. The molecule has 0 atom stereocenters. The zero-order valence-corrected chi connectivity index (χ0v) is 21.6. The first-order valence-corrected chi connectivity index (χ1v) is 12.7. The van der Waals surface area contributed by atoms with Gasteiger partial charge in [0.2, 0.25) is 0 Å². The molecular formula is C34H27NO3. The van der Waals surface area contributed by atoms with Gasteiger partial charge in [-0.25, -0.2) is 4.79 Å². The highest BCUT2D eigenvalue weighted by molar-refractivity contribution is 6.16. The molecule has 1 amide bonds. The minimum atomic E-state index is -0.549. The van der Waals surface area contributed by atoms with E-state index >= 15 is 0 Å². The lowest BCUT2D eigenvalue weighted by Crippen LogP contribution is -2.49. The Morgan fingerprint density at radius 1 is 0.711 bits per heavy atom. The molecule has 0 unspecified atom stereocenters. The summed E-state index contributed by atoms with van der Waals surface area (Å²) in [4.78, 5) is 29.1. The predicted molar refractivity (Wildman–Crippen MR) is 154 cm³/mol. The van der Waals surface area contributed by atoms with Crippen LogP contribution in [0.2, 0.25) is 0 Å². The lowest BCUT2D eigenvalue weighted by Gasteiger charge is -2.41. The van der Waals surface area contributed by atoms with E-state index in [9.17, 15) is 9.59 Å². The smallest absolute Gasteiger partial charge is 0.344 e. The van der Waals surface area contributed by atoms with Gasteiger partial charge in [0.25, 0.3) is 5.91 Å². The zero-order chi connectivity index (χ0) is 26.4. The third-order valence-corrected chi connectivity index (χ3v) is 7.22. The number of amides is 1. The minimum Gasteiger partial charge on any atom is -0.423 e. The number of esters is 1. The van der Waals surface area contributed by atoms with Gasteiger partial charge in [-0.2, -0.15) is 0 Å². The van der Waals surface area contributed by atoms with Crippen molar-refractivity contribution in [1.82, 2.24) is 0 Å². The van der Waals surface area contributed by atoms with Crippen LogP contribution in [0, 0.1) is 0 Å². The molecule has 4 nitrogen and oxygen atoms in total. The fourth-order valence-electron chi connectivity index (χ4n) is 5.54. The highest BCUT2D eigenvalue weighted by atomic mass is 16.5. The van der Waals surface area contributed by atoms with E-state index in [4.69, 9.17) is 4.74 Å². The van der Waals surface area contributed by atoms with Gasteiger partial charge in [0.1, 0.15) is 5.75 Å². The van der Waals surface area contributed by atoms with Crippen molar-refractivity contribution < 1.29 is 14.3 Å². The SMILES string of the molecule is CC1=CC(C)(C)N(C(=O)c2cccc3ccccc23)c2ccc(OC(=O)c3cccc4ccccc34)cc21. The monoisotopic (exact) mass is 497 g/mol. The van der Waals surface area contributed by atoms with Crippen LogP contribution < -0.4 is 9.64 Å². The predicted octanol–water partition coefficient (Wildman–Crippen LogP) is 8.05. The van der Waals surface area contributed by atoms with Crippen molar-refractivity contribution in [2.24, 2.45) is 0 Å². The fraction of sp³-hybridized carbons (Fsp3) is 0.118. The number of ether oxygens (including phenoxy) is 1. The highest BCUT2D eigenvalue weighted by Gasteiger charge is 2.37. The zero-order valence-electron chi connectivity index (χ0n) is 21.6. The van der Waals surface area contributed by atoms with E-state index in [1.807, 2.05) is 117 Å². The van der Waals surface area contributed by atoms with Gasteiger partial charge in [0, 0.05) is 11.1 Å². The Bertz CT molecular complexity index is 1770. The van der Waals surface area contributed by atoms with Crippen molar-refractivity contribution in [3.63, 3.8) is 0 Å². The molecule has 5 aromatic carbocycles. The van der Waals surface area contributed by atoms with Crippen LogP contribution in [0.25, 0.3) is 27.1 Å². The van der Waals surface area contributed by atoms with Crippen LogP contribution in [0.5, 0.6) is 5.75 Å². The number of allylic oxidation sites excluding steroid dienone is 1. The van der Waals surface area contributed by atoms with Gasteiger partial charge in [-0.05, 0) is 78.2 Å². The van der Waals surface area contributed by atoms with Gasteiger partial charge < -0.3 is 4.74 Å². The average molecular weight is 498 g/mol. The molecule has 1 aliphatic rings. The molecular weight excluding hydrogens is 470 g/mol. The molecule has 6 rings (SSSR count). The molecule has 1 aliphatic heterocycles. The second-order valence-corrected chi connectivity index (χ2v) is 10.2. The molecule has 5 aromatic rings. The van der Waals surface area contributed by atoms with Crippen molar-refractivity contribution in [1.29, 1.82) is 0 Å². The van der Waals surface area contributed by atoms with Crippen LogP contribution in [-0.2, 0) is 0 Å². The van der Waals surface area contributed by atoms with E-state index in [1.54, 1.807) is 12.1 Å². The Labute approximate surface area is 221 Å². The second kappa shape index (κ2) is 9.00. The summed E-state index contributed by atoms with van der Waals surface area (Å²) < 4.78 is 5.84. The van der Waals surface area contributed by atoms with Gasteiger partial charge >= 0.3 is 5.97 Å². The van der Waals surface area contributed by atoms with Crippen LogP contribution in [0.3, 0.4) is 0 Å². The molecule has 38 heavy (non-hydrogen) atoms. The first-order valence-electron chi connectivity index (χ1n) is 12.7. The number of anilines is 1. The number of fused-ring (bicyclic) bond motifs is 3. The van der Waals surface area contributed by atoms with E-state index in [0.717, 1.165) is 38.4 Å². The molecule has 0 N–H and O–H groups in total. The lowest BCUT2D eigenvalue weighted by molar-refractivity contribution is 0.0736. The van der Waals surface area contributed by atoms with E-state index < -0.39 is 11.5 Å². The molecule has 0 radical (unpaired) electrons. The molecule has 0 aliphatic carbocycles. The van der Waals surface area contributed by atoms with Gasteiger partial charge in [-0.15, -0.1) is 0 Å². The molecule has 0 aromatic heterocycles. The number of rotatable bonds is 3. The number of hydrogen-bond acceptors (Lipinski definition) is 3. The Morgan fingerprint density at radius 3 is 1.97 bits per heavy atom. The average Bonchev–Trinajstić information content (AvgIpc) is 2.92. The molecule has 0 saturated carbocycles. The fourth-order valence-corrected chi connectivity index (χ4v) is 5.54. The third kappa shape index (κ3) is 3.95. The van der Waals surface area contributed by atoms with Crippen molar-refractivity contribution >= 4 is 44.7 Å². The van der Waals surface area contributed by atoms with Crippen molar-refractivity contribution in [2.75, 3.05) is 4.90 Å². The van der Waals surface area contributed by atoms with Gasteiger partial charge in [-0.1, -0.05) is 78.9 Å². The molecule has 0 bridgehead atoms. The maximum Gasteiger partial charge on any atom is 0.344 e. The Balaban J connectivity index is 1.38. The molecule has 0 saturated heterocycles. The summed E-state index contributed by atoms with van der Waals surface area (Å²) in [6.45, 7) is 6.10. The normalized spacial score (nSPS) is 14.2. The summed E-state index contributed by atoms with van der Waals surface area (Å²) in [5.74, 6) is -0.0489. The van der Waals surface area contributed by atoms with E-state index in [-0.39, 0.29) is 5.91 Å². The largest absolute Gasteiger partial charge is 0.423 e. The summed E-state index contributed by atoms with van der Waals surface area (Å²) in [7, 11) is 0. The van der Waals surface area contributed by atoms with Crippen molar-refractivity contribution in [3.8, 4) is 5.75 Å². The first kappa shape index (κ1) is 23.7. The molecule has 4 heteroatoms. The van der Waals surface area contributed by atoms with Gasteiger partial charge in [0.05, 0.1) is 16.8 Å². The number of nitrogens with zero attached hydrogens (tertiary/aromatic N) is 1. The highest BCUT2D eigenvalue weighted by Crippen LogP contribution is 2.42. The summed E-state index contributed by atoms with van der Waals surface area (Å²) in [5.41, 5.74) is 3.30. The van der Waals surface area contributed by atoms with Gasteiger partial charge in [-0.3, -0.25) is 9.69 Å². The maximum atomic E-state index is 14.1. The summed E-state index contributed by atoms with van der Waals surface area (Å²) in [6.07, 6.45) is 2.09. The quantitative estimate of drug-likeness (QED) is 0.187. The Morgan fingerprint density at radius 2 is 1.29 bits per heavy atom. The van der Waals surface area contributed by atoms with Crippen LogP contribution in [0.15, 0.2) is 109 Å². The molecule has 0 spiro atoms. The first-order chi connectivity index (χ1) is 18.3. The minimum absolute atomic E-state index is 0.0719. The molecule has 186 valence electrons. The van der Waals surface area contributed by atoms with Crippen molar-refractivity contribution in [2.45, 2.75) is 26.3 Å². The van der Waals surface area contributed by atoms with Crippen LogP contribution in [-0.4, -0.2) is 17.4 Å². The lowest BCUT2D eigenvalue weighted by atomic mass is 9.87. The molecule has 0 fully saturated rings. The Kier molecular flexibility index (Phi) is 5.61. The topological polar surface area (TPSA) is 46.6 Å². The third-order valence-electron chi connectivity index (χ3n) is 7.22. The molecule has 1 heterocycles. The Hall–Kier alpha value is -4.70. The summed E-state index contributed by atoms with van der Waals surface area (Å²) in [5, 5.41) is 3.78. The number of hydrogen-bond donors (Lipinski definition) is 0. The maximum absolute atomic E-state index is 14.1. The van der Waals surface area contributed by atoms with E-state index in [2.05, 4.69) is 6.08 Å². The standard InChI is InChI=1S/C34H27NO3/c1-22-21-34(2,3)35(32(36)28-16-8-12-23-10-4-6-14-26(23)28)31-19-18-25(20-30(22)31)38-33(37)29-17-9-13-24-11-5-7-15-27(24)29/h4-21H,1-3H3. The van der Waals surface area contributed by atoms with E-state index in [1.165, 1.54) is 0 Å².